The van der Waals surface area contributed by atoms with Gasteiger partial charge in [0.15, 0.2) is 5.78 Å². The molecule has 0 amide bonds. The van der Waals surface area contributed by atoms with Crippen molar-refractivity contribution in [1.82, 2.24) is 0 Å². The summed E-state index contributed by atoms with van der Waals surface area (Å²) in [7, 11) is 1.38. The lowest BCUT2D eigenvalue weighted by Gasteiger charge is -1.72. The summed E-state index contributed by atoms with van der Waals surface area (Å²) in [6.07, 6.45) is 1.31. The highest BCUT2D eigenvalue weighted by molar-refractivity contribution is 5.76. The summed E-state index contributed by atoms with van der Waals surface area (Å²) >= 11 is 0. The molecule has 4 nitrogen and oxygen atoms in total. The molecule has 0 bridgehead atoms. The largest absolute Gasteiger partial charge is 0.389 e. The minimum Gasteiger partial charge on any atom is -0.389 e. The molecule has 0 atom stereocenters. The van der Waals surface area contributed by atoms with Crippen molar-refractivity contribution in [2.75, 3.05) is 13.7 Å². The van der Waals surface area contributed by atoms with E-state index in [1.807, 2.05) is 0 Å². The van der Waals surface area contributed by atoms with E-state index in [0.717, 1.165) is 0 Å². The molecular weight excluding hydrogens is 122 g/mol. The van der Waals surface area contributed by atoms with Crippen LogP contribution >= 0.6 is 0 Å². The number of Topliss-reactive ketones (excluding diaryl/α,β-unsaturated/α-hetero) is 1. The molecule has 0 aromatic rings. The molecule has 0 aliphatic carbocycles. The van der Waals surface area contributed by atoms with Crippen LogP contribution in [0.5, 0.6) is 0 Å². The van der Waals surface area contributed by atoms with Crippen LogP contribution in [0.4, 0.5) is 0 Å². The second kappa shape index (κ2) is 10.1. The maximum Gasteiger partial charge on any atom is 0.234 e. The summed E-state index contributed by atoms with van der Waals surface area (Å²) in [5.74, 6) is -0.190. The van der Waals surface area contributed by atoms with Crippen molar-refractivity contribution in [3.63, 3.8) is 0 Å². The maximum atomic E-state index is 9.56. The first-order valence-corrected chi connectivity index (χ1v) is 2.25. The van der Waals surface area contributed by atoms with Crippen molar-refractivity contribution >= 4 is 11.9 Å². The first-order chi connectivity index (χ1) is 4.18. The molecular formula is C5H9NO3. The van der Waals surface area contributed by atoms with Crippen LogP contribution in [0.15, 0.2) is 4.99 Å². The molecule has 0 rings (SSSR count). The Hall–Kier alpha value is -0.990. The SMILES string of the molecule is CC(=O)CO.CN=C=O. The summed E-state index contributed by atoms with van der Waals surface area (Å²) in [5.41, 5.74) is 0. The standard InChI is InChI=1S/C3H6O2.C2H3NO/c1-3(5)2-4;1-3-2-4/h4H,2H2,1H3;1H3. The van der Waals surface area contributed by atoms with Gasteiger partial charge >= 0.3 is 0 Å². The zero-order chi connectivity index (χ0) is 7.70. The minimum atomic E-state index is -0.333. The van der Waals surface area contributed by atoms with Crippen LogP contribution in [-0.2, 0) is 9.59 Å². The number of carbonyl (C=O) groups excluding carboxylic acids is 2. The zero-order valence-electron chi connectivity index (χ0n) is 5.42. The molecule has 0 aliphatic heterocycles. The zero-order valence-corrected chi connectivity index (χ0v) is 5.42. The Balaban J connectivity index is 0. The van der Waals surface area contributed by atoms with Crippen LogP contribution in [0, 0.1) is 0 Å². The van der Waals surface area contributed by atoms with Crippen molar-refractivity contribution in [1.29, 1.82) is 0 Å². The quantitative estimate of drug-likeness (QED) is 0.386. The van der Waals surface area contributed by atoms with E-state index >= 15 is 0 Å². The lowest BCUT2D eigenvalue weighted by molar-refractivity contribution is -0.119. The van der Waals surface area contributed by atoms with E-state index in [0.29, 0.717) is 0 Å². The number of aliphatic hydroxyl groups excluding tert-OH is 1. The maximum absolute atomic E-state index is 9.56. The normalized spacial score (nSPS) is 6.11. The predicted octanol–water partition coefficient (Wildman–Crippen LogP) is -0.480. The average Bonchev–Trinajstić information content (AvgIpc) is 1.89. The molecule has 0 unspecified atom stereocenters. The summed E-state index contributed by atoms with van der Waals surface area (Å²) in [6, 6.07) is 0. The van der Waals surface area contributed by atoms with Gasteiger partial charge in [0.1, 0.15) is 6.61 Å². The third kappa shape index (κ3) is 43.6. The number of ketones is 1. The molecule has 0 aromatic heterocycles. The van der Waals surface area contributed by atoms with Crippen LogP contribution < -0.4 is 0 Å². The van der Waals surface area contributed by atoms with Gasteiger partial charge in [-0.25, -0.2) is 9.79 Å². The van der Waals surface area contributed by atoms with Gasteiger partial charge in [-0.05, 0) is 6.92 Å². The molecule has 0 saturated carbocycles. The Labute approximate surface area is 53.2 Å². The smallest absolute Gasteiger partial charge is 0.234 e. The number of isocyanates is 1. The van der Waals surface area contributed by atoms with Crippen LogP contribution in [0.1, 0.15) is 6.92 Å². The summed E-state index contributed by atoms with van der Waals surface area (Å²) in [6.45, 7) is 1.000. The fourth-order valence-electron chi connectivity index (χ4n) is 0. The highest BCUT2D eigenvalue weighted by Crippen LogP contribution is 1.55. The first kappa shape index (κ1) is 10.9. The van der Waals surface area contributed by atoms with E-state index in [1.54, 1.807) is 0 Å². The van der Waals surface area contributed by atoms with Crippen molar-refractivity contribution < 1.29 is 14.7 Å². The molecule has 0 spiro atoms. The molecule has 0 heterocycles. The van der Waals surface area contributed by atoms with E-state index < -0.39 is 0 Å². The van der Waals surface area contributed by atoms with Gasteiger partial charge in [0, 0.05) is 7.05 Å². The monoisotopic (exact) mass is 131 g/mol. The lowest BCUT2D eigenvalue weighted by atomic mass is 10.5. The second-order valence-corrected chi connectivity index (χ2v) is 1.18. The minimum absolute atomic E-state index is 0.190. The Morgan fingerprint density at radius 3 is 2.00 bits per heavy atom. The third-order valence-corrected chi connectivity index (χ3v) is 0.314. The fourth-order valence-corrected chi connectivity index (χ4v) is 0. The highest BCUT2D eigenvalue weighted by atomic mass is 16.3. The molecule has 0 aliphatic rings. The van der Waals surface area contributed by atoms with Crippen molar-refractivity contribution in [3.8, 4) is 0 Å². The number of hydrogen-bond donors (Lipinski definition) is 1. The van der Waals surface area contributed by atoms with Crippen LogP contribution in [0.2, 0.25) is 0 Å². The van der Waals surface area contributed by atoms with Crippen LogP contribution in [-0.4, -0.2) is 30.6 Å². The molecule has 9 heavy (non-hydrogen) atoms. The molecule has 52 valence electrons. The molecule has 1 N–H and O–H groups in total. The van der Waals surface area contributed by atoms with Crippen molar-refractivity contribution in [3.05, 3.63) is 0 Å². The van der Waals surface area contributed by atoms with Gasteiger partial charge in [-0.2, -0.15) is 0 Å². The molecule has 0 fully saturated rings. The third-order valence-electron chi connectivity index (χ3n) is 0.314. The van der Waals surface area contributed by atoms with E-state index in [9.17, 15) is 4.79 Å². The van der Waals surface area contributed by atoms with Gasteiger partial charge in [-0.1, -0.05) is 0 Å². The fraction of sp³-hybridized carbons (Fsp3) is 0.600. The summed E-state index contributed by atoms with van der Waals surface area (Å²) in [4.78, 5) is 21.4. The van der Waals surface area contributed by atoms with Gasteiger partial charge in [0.25, 0.3) is 0 Å². The Bertz CT molecular complexity index is 115. The second-order valence-electron chi connectivity index (χ2n) is 1.18. The van der Waals surface area contributed by atoms with Crippen LogP contribution in [0.3, 0.4) is 0 Å². The Morgan fingerprint density at radius 1 is 1.78 bits per heavy atom. The first-order valence-electron chi connectivity index (χ1n) is 2.25. The van der Waals surface area contributed by atoms with Gasteiger partial charge in [0.05, 0.1) is 0 Å². The average molecular weight is 131 g/mol. The van der Waals surface area contributed by atoms with E-state index in [4.69, 9.17) is 9.90 Å². The van der Waals surface area contributed by atoms with Gasteiger partial charge in [0.2, 0.25) is 6.08 Å². The number of aliphatic imine (C=N–C) groups is 1. The van der Waals surface area contributed by atoms with E-state index in [-0.39, 0.29) is 12.4 Å². The molecule has 0 saturated heterocycles. The topological polar surface area (TPSA) is 66.7 Å². The lowest BCUT2D eigenvalue weighted by Crippen LogP contribution is -1.93. The van der Waals surface area contributed by atoms with Crippen LogP contribution in [0.25, 0.3) is 0 Å². The predicted molar refractivity (Wildman–Crippen MR) is 31.8 cm³/mol. The van der Waals surface area contributed by atoms with Gasteiger partial charge in [-0.3, -0.25) is 4.79 Å². The number of hydrogen-bond acceptors (Lipinski definition) is 4. The molecule has 4 heteroatoms. The highest BCUT2D eigenvalue weighted by Gasteiger charge is 1.78. The molecule has 0 radical (unpaired) electrons. The van der Waals surface area contributed by atoms with Gasteiger partial charge in [-0.15, -0.1) is 0 Å². The Morgan fingerprint density at radius 2 is 2.00 bits per heavy atom. The Kier molecular flexibility index (Phi) is 12.2. The van der Waals surface area contributed by atoms with Crippen molar-refractivity contribution in [2.24, 2.45) is 4.99 Å². The summed E-state index contributed by atoms with van der Waals surface area (Å²) in [5, 5.41) is 7.79. The number of rotatable bonds is 1. The van der Waals surface area contributed by atoms with E-state index in [2.05, 4.69) is 4.99 Å². The number of nitrogens with zero attached hydrogens (tertiary/aromatic N) is 1. The number of aliphatic hydroxyl groups is 1. The number of carbonyl (C=O) groups is 1. The van der Waals surface area contributed by atoms with Gasteiger partial charge < -0.3 is 5.11 Å². The van der Waals surface area contributed by atoms with E-state index in [1.165, 1.54) is 20.1 Å². The summed E-state index contributed by atoms with van der Waals surface area (Å²) < 4.78 is 0. The van der Waals surface area contributed by atoms with Crippen molar-refractivity contribution in [2.45, 2.75) is 6.92 Å². The molecule has 0 aromatic carbocycles.